The van der Waals surface area contributed by atoms with Crippen LogP contribution in [0.3, 0.4) is 0 Å². The van der Waals surface area contributed by atoms with E-state index in [-0.39, 0.29) is 18.0 Å². The van der Waals surface area contributed by atoms with Gasteiger partial charge in [-0.25, -0.2) is 0 Å². The van der Waals surface area contributed by atoms with Gasteiger partial charge in [0.05, 0.1) is 0 Å². The number of hydrogen-bond donors (Lipinski definition) is 2. The molecule has 1 heterocycles. The quantitative estimate of drug-likeness (QED) is 0.748. The zero-order valence-electron chi connectivity index (χ0n) is 9.27. The molecule has 0 saturated heterocycles. The Labute approximate surface area is 100 Å². The van der Waals surface area contributed by atoms with Gasteiger partial charge in [0.15, 0.2) is 0 Å². The molecular weight excluding hydrogens is 224 g/mol. The number of amides is 1. The highest BCUT2D eigenvalue weighted by Crippen LogP contribution is 1.93. The minimum Gasteiger partial charge on any atom is -0.352 e. The van der Waals surface area contributed by atoms with Gasteiger partial charge < -0.3 is 9.88 Å². The van der Waals surface area contributed by atoms with Crippen molar-refractivity contribution in [1.29, 1.82) is 0 Å². The molecule has 0 bridgehead atoms. The van der Waals surface area contributed by atoms with Crippen molar-refractivity contribution < 1.29 is 4.79 Å². The van der Waals surface area contributed by atoms with Crippen LogP contribution < -0.4 is 10.9 Å². The molecule has 0 atom stereocenters. The molecule has 0 aliphatic heterocycles. The van der Waals surface area contributed by atoms with Crippen LogP contribution in [0.4, 0.5) is 0 Å². The molecule has 0 aromatic carbocycles. The smallest absolute Gasteiger partial charge is 0.255 e. The topological polar surface area (TPSA) is 51.1 Å². The number of nitrogens with one attached hydrogen (secondary N) is 1. The van der Waals surface area contributed by atoms with Gasteiger partial charge in [-0.2, -0.15) is 12.6 Å². The summed E-state index contributed by atoms with van der Waals surface area (Å²) in [6.07, 6.45) is 2.11. The van der Waals surface area contributed by atoms with E-state index in [4.69, 9.17) is 0 Å². The van der Waals surface area contributed by atoms with Gasteiger partial charge in [0, 0.05) is 31.3 Å². The van der Waals surface area contributed by atoms with Crippen molar-refractivity contribution in [2.24, 2.45) is 0 Å². The highest BCUT2D eigenvalue weighted by atomic mass is 32.1. The fraction of sp³-hybridized carbons (Fsp3) is 0.455. The first-order valence-electron chi connectivity index (χ1n) is 5.25. The Morgan fingerprint density at radius 3 is 2.94 bits per heavy atom. The first-order chi connectivity index (χ1) is 7.69. The molecule has 0 fully saturated rings. The molecule has 1 amide bonds. The van der Waals surface area contributed by atoms with Crippen LogP contribution in [0.2, 0.25) is 0 Å². The summed E-state index contributed by atoms with van der Waals surface area (Å²) in [5.41, 5.74) is 0.563. The van der Waals surface area contributed by atoms with E-state index >= 15 is 0 Å². The molecule has 1 aromatic heterocycles. The fourth-order valence-electron chi connectivity index (χ4n) is 1.35. The molecule has 0 spiro atoms. The number of rotatable bonds is 5. The predicted octanol–water partition coefficient (Wildman–Crippen LogP) is 0.804. The average Bonchev–Trinajstić information content (AvgIpc) is 2.28. The SMILES string of the molecule is CCn1cccc(CNC(=O)CCS)c1=O. The lowest BCUT2D eigenvalue weighted by molar-refractivity contribution is -0.120. The molecule has 0 aliphatic rings. The molecule has 1 rings (SSSR count). The normalized spacial score (nSPS) is 10.1. The number of carbonyl (C=O) groups excluding carboxylic acids is 1. The maximum atomic E-state index is 11.8. The molecule has 16 heavy (non-hydrogen) atoms. The van der Waals surface area contributed by atoms with Gasteiger partial charge in [-0.3, -0.25) is 9.59 Å². The summed E-state index contributed by atoms with van der Waals surface area (Å²) in [7, 11) is 0. The number of pyridine rings is 1. The zero-order chi connectivity index (χ0) is 12.0. The number of carbonyl (C=O) groups is 1. The third kappa shape index (κ3) is 3.41. The summed E-state index contributed by atoms with van der Waals surface area (Å²) >= 11 is 3.97. The Morgan fingerprint density at radius 1 is 1.56 bits per heavy atom. The molecule has 4 nitrogen and oxygen atoms in total. The predicted molar refractivity (Wildman–Crippen MR) is 66.7 cm³/mol. The van der Waals surface area contributed by atoms with Crippen LogP contribution in [0.5, 0.6) is 0 Å². The van der Waals surface area contributed by atoms with Crippen molar-refractivity contribution in [3.05, 3.63) is 34.2 Å². The van der Waals surface area contributed by atoms with E-state index in [9.17, 15) is 9.59 Å². The van der Waals surface area contributed by atoms with Crippen molar-refractivity contribution in [1.82, 2.24) is 9.88 Å². The Morgan fingerprint density at radius 2 is 2.31 bits per heavy atom. The lowest BCUT2D eigenvalue weighted by atomic mass is 10.2. The molecule has 1 N–H and O–H groups in total. The highest BCUT2D eigenvalue weighted by molar-refractivity contribution is 7.80. The van der Waals surface area contributed by atoms with E-state index in [2.05, 4.69) is 17.9 Å². The van der Waals surface area contributed by atoms with Crippen molar-refractivity contribution in [3.63, 3.8) is 0 Å². The minimum atomic E-state index is -0.0821. The average molecular weight is 240 g/mol. The molecule has 0 aliphatic carbocycles. The van der Waals surface area contributed by atoms with E-state index in [1.807, 2.05) is 13.0 Å². The van der Waals surface area contributed by atoms with Crippen LogP contribution in [0, 0.1) is 0 Å². The van der Waals surface area contributed by atoms with E-state index in [0.717, 1.165) is 0 Å². The van der Waals surface area contributed by atoms with Crippen LogP contribution in [0.25, 0.3) is 0 Å². The van der Waals surface area contributed by atoms with Crippen molar-refractivity contribution in [3.8, 4) is 0 Å². The van der Waals surface area contributed by atoms with Crippen molar-refractivity contribution in [2.45, 2.75) is 26.4 Å². The van der Waals surface area contributed by atoms with Crippen LogP contribution in [-0.4, -0.2) is 16.2 Å². The van der Waals surface area contributed by atoms with E-state index in [1.54, 1.807) is 16.8 Å². The van der Waals surface area contributed by atoms with Crippen molar-refractivity contribution >= 4 is 18.5 Å². The molecule has 5 heteroatoms. The van der Waals surface area contributed by atoms with E-state index in [0.29, 0.717) is 24.3 Å². The Bertz CT molecular complexity index is 415. The third-order valence-corrected chi connectivity index (χ3v) is 2.48. The van der Waals surface area contributed by atoms with E-state index < -0.39 is 0 Å². The molecule has 0 unspecified atom stereocenters. The maximum Gasteiger partial charge on any atom is 0.255 e. The summed E-state index contributed by atoms with van der Waals surface area (Å²) in [4.78, 5) is 23.0. The first-order valence-corrected chi connectivity index (χ1v) is 5.88. The minimum absolute atomic E-state index is 0.0452. The summed E-state index contributed by atoms with van der Waals surface area (Å²) in [5.74, 6) is 0.432. The van der Waals surface area contributed by atoms with E-state index in [1.165, 1.54) is 0 Å². The Hall–Kier alpha value is -1.23. The van der Waals surface area contributed by atoms with Gasteiger partial charge in [0.25, 0.3) is 5.56 Å². The lowest BCUT2D eigenvalue weighted by Crippen LogP contribution is -2.29. The van der Waals surface area contributed by atoms with Gasteiger partial charge >= 0.3 is 0 Å². The molecule has 0 radical (unpaired) electrons. The fourth-order valence-corrected chi connectivity index (χ4v) is 1.56. The summed E-state index contributed by atoms with van der Waals surface area (Å²) in [6, 6.07) is 3.54. The van der Waals surface area contributed by atoms with Crippen LogP contribution >= 0.6 is 12.6 Å². The number of hydrogen-bond acceptors (Lipinski definition) is 3. The second-order valence-electron chi connectivity index (χ2n) is 3.37. The van der Waals surface area contributed by atoms with Crippen LogP contribution in [-0.2, 0) is 17.9 Å². The first kappa shape index (κ1) is 12.8. The standard InChI is InChI=1S/C11H16N2O2S/c1-2-13-6-3-4-9(11(13)15)8-12-10(14)5-7-16/h3-4,6,16H,2,5,7-8H2,1H3,(H,12,14). The van der Waals surface area contributed by atoms with Gasteiger partial charge in [-0.1, -0.05) is 6.07 Å². The lowest BCUT2D eigenvalue weighted by Gasteiger charge is -2.06. The Balaban J connectivity index is 2.67. The van der Waals surface area contributed by atoms with Gasteiger partial charge in [-0.15, -0.1) is 0 Å². The third-order valence-electron chi connectivity index (χ3n) is 2.25. The zero-order valence-corrected chi connectivity index (χ0v) is 10.2. The second kappa shape index (κ2) is 6.37. The molecule has 88 valence electrons. The van der Waals surface area contributed by atoms with Gasteiger partial charge in [0.2, 0.25) is 5.91 Å². The van der Waals surface area contributed by atoms with Crippen LogP contribution in [0.15, 0.2) is 23.1 Å². The summed E-state index contributed by atoms with van der Waals surface area (Å²) < 4.78 is 1.61. The second-order valence-corrected chi connectivity index (χ2v) is 3.82. The molecule has 1 aromatic rings. The Kier molecular flexibility index (Phi) is 5.11. The molecule has 0 saturated carbocycles. The maximum absolute atomic E-state index is 11.8. The highest BCUT2D eigenvalue weighted by Gasteiger charge is 2.04. The van der Waals surface area contributed by atoms with Gasteiger partial charge in [-0.05, 0) is 18.7 Å². The number of nitrogens with zero attached hydrogens (tertiary/aromatic N) is 1. The van der Waals surface area contributed by atoms with Gasteiger partial charge in [0.1, 0.15) is 0 Å². The monoisotopic (exact) mass is 240 g/mol. The number of thiol groups is 1. The largest absolute Gasteiger partial charge is 0.352 e. The number of aryl methyl sites for hydroxylation is 1. The number of aromatic nitrogens is 1. The van der Waals surface area contributed by atoms with Crippen LogP contribution in [0.1, 0.15) is 18.9 Å². The molecular formula is C11H16N2O2S. The van der Waals surface area contributed by atoms with Crippen molar-refractivity contribution in [2.75, 3.05) is 5.75 Å². The summed E-state index contributed by atoms with van der Waals surface area (Å²) in [6.45, 7) is 2.83. The summed E-state index contributed by atoms with van der Waals surface area (Å²) in [5, 5.41) is 2.69.